The van der Waals surface area contributed by atoms with Crippen molar-refractivity contribution in [3.63, 3.8) is 0 Å². The van der Waals surface area contributed by atoms with E-state index in [-0.39, 0.29) is 12.5 Å². The Hall–Kier alpha value is -2.99. The highest BCUT2D eigenvalue weighted by Gasteiger charge is 2.09. The third kappa shape index (κ3) is 7.32. The Labute approximate surface area is 166 Å². The first-order valence-corrected chi connectivity index (χ1v) is 9.29. The molecule has 0 saturated carbocycles. The molecule has 0 aliphatic carbocycles. The summed E-state index contributed by atoms with van der Waals surface area (Å²) in [4.78, 5) is 12.4. The van der Waals surface area contributed by atoms with E-state index in [1.807, 2.05) is 56.3 Å². The van der Waals surface area contributed by atoms with Gasteiger partial charge in [-0.15, -0.1) is 0 Å². The van der Waals surface area contributed by atoms with Crippen LogP contribution in [0.1, 0.15) is 13.8 Å². The van der Waals surface area contributed by atoms with E-state index in [2.05, 4.69) is 17.2 Å². The van der Waals surface area contributed by atoms with E-state index in [1.165, 1.54) is 0 Å². The first-order chi connectivity index (χ1) is 13.6. The smallest absolute Gasteiger partial charge is 0.243 e. The number of ether oxygens (including phenoxy) is 3. The van der Waals surface area contributed by atoms with Crippen molar-refractivity contribution in [1.29, 1.82) is 0 Å². The first kappa shape index (κ1) is 21.3. The maximum Gasteiger partial charge on any atom is 0.243 e. The van der Waals surface area contributed by atoms with E-state index < -0.39 is 0 Å². The summed E-state index contributed by atoms with van der Waals surface area (Å²) in [6, 6.07) is 14.8. The lowest BCUT2D eigenvalue weighted by molar-refractivity contribution is -0.114. The summed E-state index contributed by atoms with van der Waals surface area (Å²) in [6.45, 7) is 9.76. The maximum absolute atomic E-state index is 12.4. The van der Waals surface area contributed by atoms with Crippen LogP contribution in [0, 0.1) is 0 Å². The molecule has 0 aromatic heterocycles. The van der Waals surface area contributed by atoms with Crippen LogP contribution in [0.2, 0.25) is 0 Å². The second-order valence-electron chi connectivity index (χ2n) is 6.19. The number of rotatable bonds is 12. The number of carbonyl (C=O) groups excluding carboxylic acids is 1. The highest BCUT2D eigenvalue weighted by Crippen LogP contribution is 2.25. The molecule has 0 spiro atoms. The summed E-state index contributed by atoms with van der Waals surface area (Å²) in [5.74, 6) is 1.11. The van der Waals surface area contributed by atoms with Crippen LogP contribution >= 0.6 is 0 Å². The summed E-state index contributed by atoms with van der Waals surface area (Å²) in [5.41, 5.74) is 2.30. The molecule has 28 heavy (non-hydrogen) atoms. The predicted molar refractivity (Wildman–Crippen MR) is 112 cm³/mol. The summed E-state index contributed by atoms with van der Waals surface area (Å²) in [7, 11) is 0. The second-order valence-corrected chi connectivity index (χ2v) is 6.19. The van der Waals surface area contributed by atoms with Crippen molar-refractivity contribution < 1.29 is 19.0 Å². The van der Waals surface area contributed by atoms with E-state index in [1.54, 1.807) is 6.07 Å². The number of benzene rings is 2. The van der Waals surface area contributed by atoms with Crippen molar-refractivity contribution in [2.24, 2.45) is 0 Å². The van der Waals surface area contributed by atoms with Crippen LogP contribution in [0.5, 0.6) is 11.5 Å². The van der Waals surface area contributed by atoms with Crippen molar-refractivity contribution >= 4 is 17.3 Å². The van der Waals surface area contributed by atoms with Gasteiger partial charge in [0.2, 0.25) is 5.91 Å². The van der Waals surface area contributed by atoms with Crippen molar-refractivity contribution in [3.8, 4) is 11.5 Å². The molecule has 0 bridgehead atoms. The van der Waals surface area contributed by atoms with Crippen LogP contribution in [-0.4, -0.2) is 38.9 Å². The minimum Gasteiger partial charge on any atom is -0.489 e. The predicted octanol–water partition coefficient (Wildman–Crippen LogP) is 4.11. The fourth-order valence-corrected chi connectivity index (χ4v) is 2.36. The number of nitrogens with one attached hydrogen (secondary N) is 2. The Morgan fingerprint density at radius 2 is 1.61 bits per heavy atom. The van der Waals surface area contributed by atoms with Crippen LogP contribution in [-0.2, 0) is 9.53 Å². The molecule has 6 heteroatoms. The van der Waals surface area contributed by atoms with Gasteiger partial charge >= 0.3 is 0 Å². The Kier molecular flexibility index (Phi) is 8.88. The molecule has 0 atom stereocenters. The van der Waals surface area contributed by atoms with Gasteiger partial charge in [0.05, 0.1) is 24.5 Å². The van der Waals surface area contributed by atoms with Gasteiger partial charge in [0.25, 0.3) is 0 Å². The van der Waals surface area contributed by atoms with Gasteiger partial charge < -0.3 is 24.8 Å². The molecule has 2 aromatic rings. The molecule has 2 aromatic carbocycles. The van der Waals surface area contributed by atoms with E-state index in [0.29, 0.717) is 43.6 Å². The van der Waals surface area contributed by atoms with Gasteiger partial charge in [-0.3, -0.25) is 4.79 Å². The summed E-state index contributed by atoms with van der Waals surface area (Å²) >= 11 is 0. The molecule has 0 unspecified atom stereocenters. The number of para-hydroxylation sites is 4. The lowest BCUT2D eigenvalue weighted by Crippen LogP contribution is -2.22. The standard InChI is InChI=1S/C22H28N2O4/c1-4-26-13-14-27-21-12-8-6-10-19(21)24-22(25)15-23-18-9-5-7-11-20(18)28-16-17(2)3/h5-12,23H,2,4,13-16H2,1,3H3,(H,24,25). The molecule has 0 saturated heterocycles. The molecule has 0 fully saturated rings. The zero-order valence-corrected chi connectivity index (χ0v) is 16.5. The SMILES string of the molecule is C=C(C)COc1ccccc1NCC(=O)Nc1ccccc1OCCOCC. The topological polar surface area (TPSA) is 68.8 Å². The molecule has 6 nitrogen and oxygen atoms in total. The highest BCUT2D eigenvalue weighted by molar-refractivity contribution is 5.95. The monoisotopic (exact) mass is 384 g/mol. The Balaban J connectivity index is 1.90. The number of amides is 1. The molecule has 2 rings (SSSR count). The Morgan fingerprint density at radius 1 is 0.964 bits per heavy atom. The molecule has 150 valence electrons. The number of carbonyl (C=O) groups is 1. The number of hydrogen-bond acceptors (Lipinski definition) is 5. The fraction of sp³-hybridized carbons (Fsp3) is 0.318. The summed E-state index contributed by atoms with van der Waals surface area (Å²) in [5, 5.41) is 5.98. The van der Waals surface area contributed by atoms with Crippen molar-refractivity contribution in [3.05, 3.63) is 60.7 Å². The maximum atomic E-state index is 12.4. The lowest BCUT2D eigenvalue weighted by atomic mass is 10.2. The van der Waals surface area contributed by atoms with Gasteiger partial charge in [0, 0.05) is 6.61 Å². The minimum absolute atomic E-state index is 0.0979. The zero-order chi connectivity index (χ0) is 20.2. The van der Waals surface area contributed by atoms with Crippen molar-refractivity contribution in [2.45, 2.75) is 13.8 Å². The van der Waals surface area contributed by atoms with Gasteiger partial charge in [-0.2, -0.15) is 0 Å². The lowest BCUT2D eigenvalue weighted by Gasteiger charge is -2.15. The third-order valence-electron chi connectivity index (χ3n) is 3.65. The van der Waals surface area contributed by atoms with E-state index in [9.17, 15) is 4.79 Å². The largest absolute Gasteiger partial charge is 0.489 e. The third-order valence-corrected chi connectivity index (χ3v) is 3.65. The van der Waals surface area contributed by atoms with Crippen molar-refractivity contribution in [1.82, 2.24) is 0 Å². The number of anilines is 2. The van der Waals surface area contributed by atoms with Gasteiger partial charge in [-0.1, -0.05) is 30.8 Å². The van der Waals surface area contributed by atoms with E-state index in [4.69, 9.17) is 14.2 Å². The molecule has 0 aliphatic heterocycles. The molecule has 2 N–H and O–H groups in total. The summed E-state index contributed by atoms with van der Waals surface area (Å²) in [6.07, 6.45) is 0. The van der Waals surface area contributed by atoms with Gasteiger partial charge in [-0.25, -0.2) is 0 Å². The quantitative estimate of drug-likeness (QED) is 0.426. The highest BCUT2D eigenvalue weighted by atomic mass is 16.5. The van der Waals surface area contributed by atoms with Crippen molar-refractivity contribution in [2.75, 3.05) is 43.6 Å². The first-order valence-electron chi connectivity index (χ1n) is 9.29. The molecule has 1 amide bonds. The molecular weight excluding hydrogens is 356 g/mol. The normalized spacial score (nSPS) is 10.2. The van der Waals surface area contributed by atoms with Crippen LogP contribution in [0.25, 0.3) is 0 Å². The second kappa shape index (κ2) is 11.7. The zero-order valence-electron chi connectivity index (χ0n) is 16.5. The van der Waals surface area contributed by atoms with Gasteiger partial charge in [0.1, 0.15) is 24.7 Å². The Morgan fingerprint density at radius 3 is 2.29 bits per heavy atom. The molecule has 0 aliphatic rings. The molecule has 0 radical (unpaired) electrons. The van der Waals surface area contributed by atoms with Crippen LogP contribution in [0.4, 0.5) is 11.4 Å². The Bertz CT molecular complexity index is 777. The van der Waals surface area contributed by atoms with E-state index in [0.717, 1.165) is 11.3 Å². The summed E-state index contributed by atoms with van der Waals surface area (Å²) < 4.78 is 16.7. The molecular formula is C22H28N2O4. The fourth-order valence-electron chi connectivity index (χ4n) is 2.36. The van der Waals surface area contributed by atoms with Crippen LogP contribution < -0.4 is 20.1 Å². The van der Waals surface area contributed by atoms with Crippen LogP contribution in [0.15, 0.2) is 60.7 Å². The van der Waals surface area contributed by atoms with Gasteiger partial charge in [0.15, 0.2) is 0 Å². The van der Waals surface area contributed by atoms with E-state index >= 15 is 0 Å². The minimum atomic E-state index is -0.185. The average Bonchev–Trinajstić information content (AvgIpc) is 2.70. The molecule has 0 heterocycles. The number of hydrogen-bond donors (Lipinski definition) is 2. The van der Waals surface area contributed by atoms with Gasteiger partial charge in [-0.05, 0) is 43.7 Å². The average molecular weight is 384 g/mol. The van der Waals surface area contributed by atoms with Crippen LogP contribution in [0.3, 0.4) is 0 Å².